The second-order valence-electron chi connectivity index (χ2n) is 23.9. The number of carbonyl (C=O) groups is 2. The molecule has 1 amide bonds. The molecule has 11 heteroatoms. The molecule has 1 fully saturated rings. The summed E-state index contributed by atoms with van der Waals surface area (Å²) in [6, 6.07) is -1.03. The minimum atomic E-state index is -1.62. The molecule has 1 rings (SSSR count). The van der Waals surface area contributed by atoms with Gasteiger partial charge in [0, 0.05) is 6.42 Å². The highest BCUT2D eigenvalue weighted by molar-refractivity contribution is 5.80. The molecule has 8 unspecified atom stereocenters. The molecule has 0 bridgehead atoms. The number of unbranched alkanes of at least 4 members (excludes halogenated alkanes) is 38. The maximum absolute atomic E-state index is 13.4. The van der Waals surface area contributed by atoms with E-state index in [0.717, 1.165) is 83.5 Å². The van der Waals surface area contributed by atoms with Crippen LogP contribution >= 0.6 is 0 Å². The molecule has 0 aromatic rings. The number of esters is 1. The van der Waals surface area contributed by atoms with Gasteiger partial charge in [0.1, 0.15) is 24.4 Å². The van der Waals surface area contributed by atoms with Crippen LogP contribution in [0.15, 0.2) is 60.8 Å². The minimum absolute atomic E-state index is 0.123. The average Bonchev–Trinajstić information content (AvgIpc) is 3.48. The van der Waals surface area contributed by atoms with Crippen LogP contribution in [0.25, 0.3) is 0 Å². The molecular formula is C71H129NO10. The van der Waals surface area contributed by atoms with Crippen molar-refractivity contribution in [3.05, 3.63) is 60.8 Å². The lowest BCUT2D eigenvalue weighted by molar-refractivity contribution is -0.305. The van der Waals surface area contributed by atoms with E-state index in [0.29, 0.717) is 12.8 Å². The molecule has 0 aromatic heterocycles. The monoisotopic (exact) mass is 1160 g/mol. The minimum Gasteiger partial charge on any atom is -0.454 e. The van der Waals surface area contributed by atoms with Gasteiger partial charge in [-0.05, 0) is 83.5 Å². The molecule has 0 aliphatic carbocycles. The lowest BCUT2D eigenvalue weighted by Gasteiger charge is -2.41. The van der Waals surface area contributed by atoms with Crippen molar-refractivity contribution < 1.29 is 49.3 Å². The third-order valence-corrected chi connectivity index (χ3v) is 16.2. The molecule has 6 N–H and O–H groups in total. The van der Waals surface area contributed by atoms with Crippen LogP contribution < -0.4 is 5.32 Å². The summed E-state index contributed by atoms with van der Waals surface area (Å²) in [5, 5.41) is 57.1. The van der Waals surface area contributed by atoms with Gasteiger partial charge in [0.25, 0.3) is 0 Å². The van der Waals surface area contributed by atoms with E-state index in [9.17, 15) is 35.1 Å². The first-order valence-electron chi connectivity index (χ1n) is 34.6. The van der Waals surface area contributed by atoms with E-state index in [2.05, 4.69) is 74.7 Å². The van der Waals surface area contributed by atoms with Gasteiger partial charge < -0.3 is 45.1 Å². The number of allylic oxidation sites excluding steroid dienone is 9. The highest BCUT2D eigenvalue weighted by atomic mass is 16.7. The maximum atomic E-state index is 13.4. The molecule has 1 saturated heterocycles. The Hall–Kier alpha value is -2.64. The summed E-state index contributed by atoms with van der Waals surface area (Å²) in [6.07, 6.45) is 64.1. The number of amides is 1. The summed E-state index contributed by atoms with van der Waals surface area (Å²) in [5.41, 5.74) is 0. The van der Waals surface area contributed by atoms with Crippen molar-refractivity contribution in [2.75, 3.05) is 13.2 Å². The lowest BCUT2D eigenvalue weighted by atomic mass is 9.99. The summed E-state index contributed by atoms with van der Waals surface area (Å²) in [7, 11) is 0. The molecule has 8 atom stereocenters. The van der Waals surface area contributed by atoms with Crippen LogP contribution in [-0.2, 0) is 23.8 Å². The number of ether oxygens (including phenoxy) is 3. The van der Waals surface area contributed by atoms with Crippen molar-refractivity contribution in [1.82, 2.24) is 5.32 Å². The van der Waals surface area contributed by atoms with Crippen LogP contribution in [0.5, 0.6) is 0 Å². The molecule has 0 saturated carbocycles. The quantitative estimate of drug-likeness (QED) is 0.0149. The number of aliphatic hydroxyl groups is 5. The largest absolute Gasteiger partial charge is 0.454 e. The number of carbonyl (C=O) groups excluding carboxylic acids is 2. The first-order chi connectivity index (χ1) is 40.2. The van der Waals surface area contributed by atoms with E-state index in [1.54, 1.807) is 6.08 Å². The Morgan fingerprint density at radius 2 is 0.878 bits per heavy atom. The van der Waals surface area contributed by atoms with Crippen molar-refractivity contribution in [2.45, 2.75) is 365 Å². The summed E-state index contributed by atoms with van der Waals surface area (Å²) in [5.74, 6) is -1.20. The standard InChI is InChI=1S/C71H129NO10/c1-4-7-10-13-16-19-22-25-27-28-29-30-31-32-33-34-35-36-37-38-39-41-44-47-50-53-56-59-66(76)82-69-68(78)67(77)65(60-73)81-71(69)80-61-62(63(74)57-54-51-48-45-42-24-21-18-15-12-9-6-3)72-70(79)64(75)58-55-52-49-46-43-40-26-23-20-17-14-11-8-5-2/h16-17,19-20,23,25-27,54,57,62-65,67-69,71,73-75,77-78H,4-15,18,21-22,24,28-53,55-56,58-61H2,1-3H3,(H,72,79)/b19-16-,20-17+,26-23+,27-25-,57-54+. The Morgan fingerprint density at radius 3 is 1.34 bits per heavy atom. The van der Waals surface area contributed by atoms with Crippen LogP contribution in [0.4, 0.5) is 0 Å². The summed E-state index contributed by atoms with van der Waals surface area (Å²) < 4.78 is 17.7. The van der Waals surface area contributed by atoms with Crippen molar-refractivity contribution in [2.24, 2.45) is 0 Å². The van der Waals surface area contributed by atoms with Gasteiger partial charge in [0.15, 0.2) is 12.4 Å². The van der Waals surface area contributed by atoms with Gasteiger partial charge in [-0.1, -0.05) is 287 Å². The molecule has 1 aliphatic rings. The van der Waals surface area contributed by atoms with E-state index in [1.807, 2.05) is 6.08 Å². The molecule has 0 radical (unpaired) electrons. The first-order valence-corrected chi connectivity index (χ1v) is 34.6. The predicted molar refractivity (Wildman–Crippen MR) is 343 cm³/mol. The van der Waals surface area contributed by atoms with E-state index in [4.69, 9.17) is 14.2 Å². The zero-order valence-corrected chi connectivity index (χ0v) is 53.1. The van der Waals surface area contributed by atoms with E-state index in [1.165, 1.54) is 186 Å². The van der Waals surface area contributed by atoms with Gasteiger partial charge in [0.05, 0.1) is 25.4 Å². The second-order valence-corrected chi connectivity index (χ2v) is 23.9. The molecule has 0 spiro atoms. The summed E-state index contributed by atoms with van der Waals surface area (Å²) >= 11 is 0. The SMILES string of the molecule is CCCCC/C=C\C/C=C\CCCCCCCCCCCCCCCCCCCC(=O)OC1C(OCC(NC(=O)C(O)CCCCCCC/C=C/C=C/CCCCC)C(O)/C=C/CCCCCCCCCCCC)OC(CO)C(O)C1O. The average molecular weight is 1160 g/mol. The Balaban J connectivity index is 2.53. The topological polar surface area (TPSA) is 175 Å². The van der Waals surface area contributed by atoms with E-state index in [-0.39, 0.29) is 19.4 Å². The Labute approximate surface area is 503 Å². The highest BCUT2D eigenvalue weighted by Crippen LogP contribution is 2.26. The van der Waals surface area contributed by atoms with Gasteiger partial charge in [-0.3, -0.25) is 9.59 Å². The van der Waals surface area contributed by atoms with E-state index >= 15 is 0 Å². The molecule has 1 heterocycles. The fourth-order valence-corrected chi connectivity index (χ4v) is 10.7. The summed E-state index contributed by atoms with van der Waals surface area (Å²) in [6.45, 7) is 5.75. The normalized spacial score (nSPS) is 19.0. The fraction of sp³-hybridized carbons (Fsp3) is 0.831. The van der Waals surface area contributed by atoms with Crippen LogP contribution in [0.2, 0.25) is 0 Å². The van der Waals surface area contributed by atoms with Crippen molar-refractivity contribution in [3.8, 4) is 0 Å². The zero-order chi connectivity index (χ0) is 59.6. The van der Waals surface area contributed by atoms with Crippen LogP contribution in [0.1, 0.15) is 316 Å². The first kappa shape index (κ1) is 77.4. The van der Waals surface area contributed by atoms with Gasteiger partial charge >= 0.3 is 5.97 Å². The summed E-state index contributed by atoms with van der Waals surface area (Å²) in [4.78, 5) is 26.6. The molecule has 11 nitrogen and oxygen atoms in total. The molecule has 1 aliphatic heterocycles. The van der Waals surface area contributed by atoms with Gasteiger partial charge in [-0.2, -0.15) is 0 Å². The fourth-order valence-electron chi connectivity index (χ4n) is 10.7. The Bertz CT molecular complexity index is 1560. The van der Waals surface area contributed by atoms with E-state index < -0.39 is 67.4 Å². The van der Waals surface area contributed by atoms with Crippen LogP contribution in [0.3, 0.4) is 0 Å². The number of nitrogens with one attached hydrogen (secondary N) is 1. The van der Waals surface area contributed by atoms with Crippen molar-refractivity contribution in [1.29, 1.82) is 0 Å². The molecule has 0 aromatic carbocycles. The third-order valence-electron chi connectivity index (χ3n) is 16.2. The predicted octanol–water partition coefficient (Wildman–Crippen LogP) is 17.3. The highest BCUT2D eigenvalue weighted by Gasteiger charge is 2.47. The zero-order valence-electron chi connectivity index (χ0n) is 53.1. The molecule has 478 valence electrons. The second kappa shape index (κ2) is 58.7. The Kier molecular flexibility index (Phi) is 55.4. The van der Waals surface area contributed by atoms with Gasteiger partial charge in [-0.15, -0.1) is 0 Å². The smallest absolute Gasteiger partial charge is 0.306 e. The van der Waals surface area contributed by atoms with Crippen molar-refractivity contribution in [3.63, 3.8) is 0 Å². The molecule has 82 heavy (non-hydrogen) atoms. The third kappa shape index (κ3) is 45.7. The lowest BCUT2D eigenvalue weighted by Crippen LogP contribution is -2.61. The number of hydrogen-bond donors (Lipinski definition) is 6. The van der Waals surface area contributed by atoms with Crippen molar-refractivity contribution >= 4 is 11.9 Å². The van der Waals surface area contributed by atoms with Crippen LogP contribution in [0, 0.1) is 0 Å². The number of rotatable bonds is 59. The van der Waals surface area contributed by atoms with Crippen LogP contribution in [-0.4, -0.2) is 99.6 Å². The molecular weight excluding hydrogens is 1030 g/mol. The van der Waals surface area contributed by atoms with Gasteiger partial charge in [0.2, 0.25) is 5.91 Å². The Morgan fingerprint density at radius 1 is 0.488 bits per heavy atom. The number of aliphatic hydroxyl groups excluding tert-OH is 5. The maximum Gasteiger partial charge on any atom is 0.306 e. The van der Waals surface area contributed by atoms with Gasteiger partial charge in [-0.25, -0.2) is 0 Å². The number of hydrogen-bond acceptors (Lipinski definition) is 10.